The van der Waals surface area contributed by atoms with E-state index in [1.54, 1.807) is 6.07 Å². The molecule has 2 aromatic carbocycles. The molecule has 10 rings (SSSR count). The zero-order valence-corrected chi connectivity index (χ0v) is 31.2. The number of carbonyl (C=O) groups excluding carboxylic acids is 1. The van der Waals surface area contributed by atoms with Gasteiger partial charge in [0.05, 0.1) is 39.5 Å². The van der Waals surface area contributed by atoms with Crippen LogP contribution in [-0.2, 0) is 9.53 Å². The molecule has 2 aromatic heterocycles. The number of nitriles is 1. The van der Waals surface area contributed by atoms with Crippen LogP contribution < -0.4 is 15.4 Å². The van der Waals surface area contributed by atoms with Gasteiger partial charge in [0.15, 0.2) is 5.82 Å². The highest BCUT2D eigenvalue weighted by Gasteiger charge is 2.66. The third-order valence-corrected chi connectivity index (χ3v) is 14.5. The number of fused-ring (bicyclic) bond motifs is 4. The number of carbonyl (C=O) groups is 1. The smallest absolute Gasteiger partial charge is 0.319 e. The maximum Gasteiger partial charge on any atom is 0.319 e. The van der Waals surface area contributed by atoms with Crippen molar-refractivity contribution in [1.29, 1.82) is 5.26 Å². The maximum absolute atomic E-state index is 17.3. The van der Waals surface area contributed by atoms with Crippen molar-refractivity contribution in [2.24, 2.45) is 16.7 Å². The van der Waals surface area contributed by atoms with Crippen LogP contribution >= 0.6 is 22.9 Å². The number of likely N-dealkylation sites (tertiary alicyclic amines) is 1. The fraction of sp³-hybridized carbons (Fsp3) is 0.538. The van der Waals surface area contributed by atoms with Crippen LogP contribution in [0.1, 0.15) is 50.5 Å². The molecule has 5 saturated heterocycles. The molecular formula is C39H39ClF3N7O3S. The van der Waals surface area contributed by atoms with Gasteiger partial charge in [0.1, 0.15) is 41.0 Å². The van der Waals surface area contributed by atoms with E-state index in [9.17, 15) is 14.4 Å². The van der Waals surface area contributed by atoms with Crippen molar-refractivity contribution in [3.63, 3.8) is 0 Å². The molecule has 1 amide bonds. The Morgan fingerprint density at radius 1 is 1.15 bits per heavy atom. The molecule has 1 aliphatic carbocycles. The first kappa shape index (κ1) is 34.6. The lowest BCUT2D eigenvalue weighted by Crippen LogP contribution is -2.63. The maximum atomic E-state index is 17.3. The van der Waals surface area contributed by atoms with E-state index < -0.39 is 23.3 Å². The number of hydrogen-bond donors (Lipinski definition) is 1. The normalized spacial score (nSPS) is 28.6. The van der Waals surface area contributed by atoms with Crippen LogP contribution in [0.4, 0.5) is 24.0 Å². The van der Waals surface area contributed by atoms with E-state index in [0.29, 0.717) is 69.5 Å². The molecule has 5 aliphatic heterocycles. The molecule has 2 N–H and O–H groups in total. The number of benzene rings is 2. The van der Waals surface area contributed by atoms with Gasteiger partial charge in [0, 0.05) is 66.8 Å². The highest BCUT2D eigenvalue weighted by molar-refractivity contribution is 7.23. The number of halogens is 4. The van der Waals surface area contributed by atoms with Gasteiger partial charge in [-0.3, -0.25) is 9.69 Å². The van der Waals surface area contributed by atoms with E-state index in [1.165, 1.54) is 12.1 Å². The summed E-state index contributed by atoms with van der Waals surface area (Å²) < 4.78 is 59.1. The van der Waals surface area contributed by atoms with Crippen molar-refractivity contribution in [1.82, 2.24) is 19.8 Å². The fourth-order valence-electron chi connectivity index (χ4n) is 10.4. The minimum absolute atomic E-state index is 0.0289. The Kier molecular flexibility index (Phi) is 7.88. The molecule has 0 radical (unpaired) electrons. The van der Waals surface area contributed by atoms with E-state index in [-0.39, 0.29) is 71.7 Å². The average Bonchev–Trinajstić information content (AvgIpc) is 3.34. The number of alkyl halides is 1. The molecule has 4 atom stereocenters. The number of hydrogen-bond acceptors (Lipinski definition) is 10. The van der Waals surface area contributed by atoms with Crippen LogP contribution in [0.25, 0.3) is 32.1 Å². The van der Waals surface area contributed by atoms with Crippen molar-refractivity contribution in [3.05, 3.63) is 40.4 Å². The van der Waals surface area contributed by atoms with Gasteiger partial charge < -0.3 is 25.0 Å². The molecule has 15 heteroatoms. The summed E-state index contributed by atoms with van der Waals surface area (Å²) in [6, 6.07) is 6.28. The molecule has 54 heavy (non-hydrogen) atoms. The summed E-state index contributed by atoms with van der Waals surface area (Å²) in [6.45, 7) is 4.97. The van der Waals surface area contributed by atoms with Crippen LogP contribution in [0, 0.1) is 39.7 Å². The molecule has 10 nitrogen and oxygen atoms in total. The summed E-state index contributed by atoms with van der Waals surface area (Å²) in [6.07, 6.45) is 4.80. The van der Waals surface area contributed by atoms with E-state index in [4.69, 9.17) is 31.8 Å². The summed E-state index contributed by atoms with van der Waals surface area (Å²) in [5.74, 6) is -0.351. The van der Waals surface area contributed by atoms with Gasteiger partial charge in [-0.05, 0) is 56.3 Å². The third-order valence-electron chi connectivity index (χ3n) is 13.2. The van der Waals surface area contributed by atoms with Crippen molar-refractivity contribution in [3.8, 4) is 23.2 Å². The Morgan fingerprint density at radius 3 is 2.78 bits per heavy atom. The number of thiophene rings is 1. The first-order valence-electron chi connectivity index (χ1n) is 18.8. The van der Waals surface area contributed by atoms with E-state index in [2.05, 4.69) is 20.9 Å². The van der Waals surface area contributed by atoms with Crippen molar-refractivity contribution in [2.75, 3.05) is 69.7 Å². The molecule has 1 spiro atoms. The van der Waals surface area contributed by atoms with Gasteiger partial charge in [0.25, 0.3) is 0 Å². The predicted octanol–water partition coefficient (Wildman–Crippen LogP) is 6.71. The van der Waals surface area contributed by atoms with Gasteiger partial charge in [-0.15, -0.1) is 11.3 Å². The highest BCUT2D eigenvalue weighted by atomic mass is 35.5. The first-order chi connectivity index (χ1) is 26.0. The van der Waals surface area contributed by atoms with Gasteiger partial charge in [-0.2, -0.15) is 15.2 Å². The summed E-state index contributed by atoms with van der Waals surface area (Å²) in [5.41, 5.74) is 5.34. The number of nitrogens with two attached hydrogens (primary N) is 1. The molecule has 0 bridgehead atoms. The van der Waals surface area contributed by atoms with E-state index in [0.717, 1.165) is 56.4 Å². The molecule has 4 aromatic rings. The second kappa shape index (κ2) is 12.3. The number of rotatable bonds is 6. The number of aromatic nitrogens is 2. The minimum atomic E-state index is -0.949. The minimum Gasteiger partial charge on any atom is -0.461 e. The fourth-order valence-corrected chi connectivity index (χ4v) is 11.6. The van der Waals surface area contributed by atoms with Crippen LogP contribution in [0.5, 0.6) is 6.01 Å². The molecule has 282 valence electrons. The molecule has 6 fully saturated rings. The molecule has 6 aliphatic rings. The zero-order chi connectivity index (χ0) is 37.1. The Bertz CT molecular complexity index is 2300. The van der Waals surface area contributed by atoms with Crippen molar-refractivity contribution in [2.45, 2.75) is 56.7 Å². The second-order valence-corrected chi connectivity index (χ2v) is 18.0. The van der Waals surface area contributed by atoms with Crippen molar-refractivity contribution < 1.29 is 27.4 Å². The predicted molar refractivity (Wildman–Crippen MR) is 199 cm³/mol. The lowest BCUT2D eigenvalue weighted by molar-refractivity contribution is -0.150. The third kappa shape index (κ3) is 5.14. The second-order valence-electron chi connectivity index (χ2n) is 16.5. The SMILES string of the molecule is N#Cc1c(N)sc2c(F)ccc(-c3c(Cl)cc4c(N5CCCCC6(CN(C(=O)C78COCC7C8)C6)C5)nc(OC[C@@]56CCCN5C[C@H](F)C6)nc4c3F)c12. The van der Waals surface area contributed by atoms with Gasteiger partial charge in [-0.25, -0.2) is 13.2 Å². The number of anilines is 2. The quantitative estimate of drug-likeness (QED) is 0.228. The standard InChI is InChI=1S/C39H39ClF3N7O3S/c40-26-10-24-31(30(43)29(26)23-4-5-27(42)32-28(23)25(13-44)33(45)54-32)46-36(53-19-38-7-3-9-50(38)14-22(41)12-38)47-34(24)48-8-2-1-6-37(16-48)17-49(18-37)35(51)39-11-21(39)15-52-20-39/h4-5,10,21-22H,1-3,6-9,11-12,14-20,45H2/t21?,22-,38+,39?/m1/s1. The molecule has 1 saturated carbocycles. The Balaban J connectivity index is 1.06. The summed E-state index contributed by atoms with van der Waals surface area (Å²) in [5, 5.41) is 10.7. The Hall–Kier alpha value is -3.90. The number of ether oxygens (including phenoxy) is 2. The summed E-state index contributed by atoms with van der Waals surface area (Å²) >= 11 is 7.90. The topological polar surface area (TPSA) is 121 Å². The largest absolute Gasteiger partial charge is 0.461 e. The van der Waals surface area contributed by atoms with Crippen LogP contribution in [0.2, 0.25) is 5.02 Å². The molecule has 7 heterocycles. The molecular weight excluding hydrogens is 739 g/mol. The van der Waals surface area contributed by atoms with Crippen LogP contribution in [-0.4, -0.2) is 96.5 Å². The van der Waals surface area contributed by atoms with Crippen LogP contribution in [0.15, 0.2) is 18.2 Å². The first-order valence-corrected chi connectivity index (χ1v) is 20.0. The van der Waals surface area contributed by atoms with E-state index >= 15 is 8.78 Å². The Morgan fingerprint density at radius 2 is 2.00 bits per heavy atom. The van der Waals surface area contributed by atoms with Gasteiger partial charge >= 0.3 is 6.01 Å². The highest BCUT2D eigenvalue weighted by Crippen LogP contribution is 2.59. The lowest BCUT2D eigenvalue weighted by Gasteiger charge is -2.52. The van der Waals surface area contributed by atoms with Crippen LogP contribution in [0.3, 0.4) is 0 Å². The number of amides is 1. The summed E-state index contributed by atoms with van der Waals surface area (Å²) in [7, 11) is 0. The van der Waals surface area contributed by atoms with Gasteiger partial charge in [-0.1, -0.05) is 24.1 Å². The van der Waals surface area contributed by atoms with Crippen molar-refractivity contribution >= 4 is 60.7 Å². The lowest BCUT2D eigenvalue weighted by atomic mass is 9.75. The van der Waals surface area contributed by atoms with E-state index in [1.807, 2.05) is 4.90 Å². The van der Waals surface area contributed by atoms with Gasteiger partial charge in [0.2, 0.25) is 5.91 Å². The average molecular weight is 778 g/mol. The zero-order valence-electron chi connectivity index (χ0n) is 29.6. The Labute approximate surface area is 318 Å². The number of nitrogens with zero attached hydrogens (tertiary/aromatic N) is 6. The molecule has 2 unspecified atom stereocenters. The monoisotopic (exact) mass is 777 g/mol. The summed E-state index contributed by atoms with van der Waals surface area (Å²) in [4.78, 5) is 29.4. The number of nitrogen functional groups attached to an aromatic ring is 1.